The monoisotopic (exact) mass is 283 g/mol. The van der Waals surface area contributed by atoms with Gasteiger partial charge in [-0.05, 0) is 51.4 Å². The number of hydrogen-bond acceptors (Lipinski definition) is 5. The highest BCUT2D eigenvalue weighted by atomic mass is 16.5. The second-order valence-corrected chi connectivity index (χ2v) is 7.12. The van der Waals surface area contributed by atoms with E-state index in [4.69, 9.17) is 0 Å². The largest absolute Gasteiger partial charge is 0.393 e. The van der Waals surface area contributed by atoms with Crippen LogP contribution in [0.5, 0.6) is 0 Å². The molecule has 3 N–H and O–H groups in total. The summed E-state index contributed by atoms with van der Waals surface area (Å²) in [6.07, 6.45) is 5.56. The molecule has 0 aromatic carbocycles. The Morgan fingerprint density at radius 3 is 1.55 bits per heavy atom. The quantitative estimate of drug-likeness (QED) is 0.626. The Labute approximate surface area is 119 Å². The molecule has 1 aliphatic heterocycles. The molecule has 0 radical (unpaired) electrons. The van der Waals surface area contributed by atoms with Crippen LogP contribution in [-0.4, -0.2) is 49.6 Å². The Morgan fingerprint density at radius 1 is 0.850 bits per heavy atom. The fraction of sp³-hybridized carbons (Fsp3) is 0.933. The zero-order valence-electron chi connectivity index (χ0n) is 11.9. The minimum atomic E-state index is -0.475. The number of rotatable bonds is 0. The Morgan fingerprint density at radius 2 is 1.20 bits per heavy atom. The van der Waals surface area contributed by atoms with Crippen LogP contribution in [0.1, 0.15) is 64.2 Å². The van der Waals surface area contributed by atoms with Crippen LogP contribution < -0.4 is 0 Å². The van der Waals surface area contributed by atoms with E-state index in [9.17, 15) is 20.2 Å². The van der Waals surface area contributed by atoms with Crippen molar-refractivity contribution < 1.29 is 20.2 Å². The highest BCUT2D eigenvalue weighted by Crippen LogP contribution is 2.49. The van der Waals surface area contributed by atoms with Gasteiger partial charge < -0.3 is 15.4 Å². The standard InChI is InChI=1S/C15H25NO4/c17-11-1-5-14(6-2-11)9-13(19)10-15(16(14)20)7-3-12(18)4-8-15/h11-12,17-18,20H,1-10H2. The highest BCUT2D eigenvalue weighted by Gasteiger charge is 2.55. The average molecular weight is 283 g/mol. The molecule has 0 atom stereocenters. The van der Waals surface area contributed by atoms with E-state index in [1.165, 1.54) is 5.06 Å². The minimum absolute atomic E-state index is 0.225. The van der Waals surface area contributed by atoms with E-state index in [0.29, 0.717) is 64.2 Å². The van der Waals surface area contributed by atoms with Gasteiger partial charge in [-0.2, -0.15) is 5.06 Å². The summed E-state index contributed by atoms with van der Waals surface area (Å²) in [5, 5.41) is 31.7. The summed E-state index contributed by atoms with van der Waals surface area (Å²) >= 11 is 0. The first-order valence-corrected chi connectivity index (χ1v) is 7.83. The second-order valence-electron chi connectivity index (χ2n) is 7.12. The number of hydrogen-bond donors (Lipinski definition) is 3. The molecule has 5 nitrogen and oxygen atoms in total. The Kier molecular flexibility index (Phi) is 3.65. The number of nitrogens with zero attached hydrogens (tertiary/aromatic N) is 1. The number of carbonyl (C=O) groups is 1. The molecule has 2 aliphatic carbocycles. The molecule has 5 heteroatoms. The first kappa shape index (κ1) is 14.4. The van der Waals surface area contributed by atoms with Gasteiger partial charge in [0.1, 0.15) is 5.78 Å². The van der Waals surface area contributed by atoms with Crippen LogP contribution in [0.25, 0.3) is 0 Å². The lowest BCUT2D eigenvalue weighted by Crippen LogP contribution is -2.66. The van der Waals surface area contributed by atoms with Crippen molar-refractivity contribution in [3.05, 3.63) is 0 Å². The molecule has 0 aromatic rings. The summed E-state index contributed by atoms with van der Waals surface area (Å²) in [6, 6.07) is 0. The van der Waals surface area contributed by atoms with E-state index in [2.05, 4.69) is 0 Å². The Hall–Kier alpha value is -0.490. The topological polar surface area (TPSA) is 81.0 Å². The van der Waals surface area contributed by atoms with Gasteiger partial charge in [0.15, 0.2) is 0 Å². The van der Waals surface area contributed by atoms with E-state index in [-0.39, 0.29) is 18.0 Å². The smallest absolute Gasteiger partial charge is 0.136 e. The van der Waals surface area contributed by atoms with Crippen LogP contribution in [0.3, 0.4) is 0 Å². The molecule has 0 aromatic heterocycles. The lowest BCUT2D eigenvalue weighted by Gasteiger charge is -2.57. The number of aliphatic hydroxyl groups excluding tert-OH is 2. The van der Waals surface area contributed by atoms with E-state index < -0.39 is 11.1 Å². The number of aliphatic hydroxyl groups is 2. The fourth-order valence-electron chi connectivity index (χ4n) is 4.51. The van der Waals surface area contributed by atoms with Crippen LogP contribution >= 0.6 is 0 Å². The lowest BCUT2D eigenvalue weighted by molar-refractivity contribution is -0.275. The fourth-order valence-corrected chi connectivity index (χ4v) is 4.51. The van der Waals surface area contributed by atoms with Gasteiger partial charge in [0, 0.05) is 12.8 Å². The zero-order chi connectivity index (χ0) is 14.4. The SMILES string of the molecule is O=C1CC2(CCC(O)CC2)N(O)C2(CCC(O)CC2)C1. The maximum Gasteiger partial charge on any atom is 0.136 e. The molecule has 20 heavy (non-hydrogen) atoms. The third-order valence-corrected chi connectivity index (χ3v) is 5.72. The third-order valence-electron chi connectivity index (χ3n) is 5.72. The van der Waals surface area contributed by atoms with E-state index >= 15 is 0 Å². The van der Waals surface area contributed by atoms with Gasteiger partial charge in [0.05, 0.1) is 23.3 Å². The third kappa shape index (κ3) is 2.30. The Balaban J connectivity index is 1.84. The molecule has 0 amide bonds. The van der Waals surface area contributed by atoms with Crippen LogP contribution in [0.2, 0.25) is 0 Å². The Bertz CT molecular complexity index is 347. The predicted octanol–water partition coefficient (Wildman–Crippen LogP) is 1.39. The van der Waals surface area contributed by atoms with Crippen molar-refractivity contribution in [3.8, 4) is 0 Å². The molecule has 1 heterocycles. The van der Waals surface area contributed by atoms with Crippen molar-refractivity contribution in [1.29, 1.82) is 0 Å². The molecule has 3 fully saturated rings. The molecular formula is C15H25NO4. The summed E-state index contributed by atoms with van der Waals surface area (Å²) in [7, 11) is 0. The molecule has 2 spiro atoms. The van der Waals surface area contributed by atoms with Gasteiger partial charge in [-0.15, -0.1) is 0 Å². The second kappa shape index (κ2) is 5.05. The van der Waals surface area contributed by atoms with Crippen molar-refractivity contribution in [2.45, 2.75) is 87.5 Å². The zero-order valence-corrected chi connectivity index (χ0v) is 11.9. The van der Waals surface area contributed by atoms with Crippen LogP contribution in [0.4, 0.5) is 0 Å². The summed E-state index contributed by atoms with van der Waals surface area (Å²) in [5.41, 5.74) is -0.951. The molecule has 1 saturated heterocycles. The molecule has 0 unspecified atom stereocenters. The number of ketones is 1. The van der Waals surface area contributed by atoms with Crippen LogP contribution in [-0.2, 0) is 4.79 Å². The molecule has 0 bridgehead atoms. The number of hydroxylamine groups is 2. The molecule has 114 valence electrons. The van der Waals surface area contributed by atoms with Gasteiger partial charge in [0.25, 0.3) is 0 Å². The van der Waals surface area contributed by atoms with Gasteiger partial charge in [-0.3, -0.25) is 4.79 Å². The predicted molar refractivity (Wildman–Crippen MR) is 72.3 cm³/mol. The molecule has 2 saturated carbocycles. The van der Waals surface area contributed by atoms with Crippen molar-refractivity contribution in [3.63, 3.8) is 0 Å². The van der Waals surface area contributed by atoms with Gasteiger partial charge in [0.2, 0.25) is 0 Å². The maximum absolute atomic E-state index is 12.3. The minimum Gasteiger partial charge on any atom is -0.393 e. The number of Topliss-reactive ketones (excluding diaryl/α,β-unsaturated/α-hetero) is 1. The number of carbonyl (C=O) groups excluding carboxylic acids is 1. The van der Waals surface area contributed by atoms with Crippen molar-refractivity contribution >= 4 is 5.78 Å². The van der Waals surface area contributed by atoms with Crippen LogP contribution in [0, 0.1) is 0 Å². The van der Waals surface area contributed by atoms with Crippen molar-refractivity contribution in [1.82, 2.24) is 5.06 Å². The highest BCUT2D eigenvalue weighted by molar-refractivity contribution is 5.82. The molecule has 3 aliphatic rings. The van der Waals surface area contributed by atoms with Gasteiger partial charge >= 0.3 is 0 Å². The first-order valence-electron chi connectivity index (χ1n) is 7.83. The van der Waals surface area contributed by atoms with E-state index in [1.54, 1.807) is 0 Å². The average Bonchev–Trinajstić information content (AvgIpc) is 2.43. The van der Waals surface area contributed by atoms with Crippen LogP contribution in [0.15, 0.2) is 0 Å². The summed E-state index contributed by atoms with van der Waals surface area (Å²) in [4.78, 5) is 12.3. The normalized spacial score (nSPS) is 47.0. The molecular weight excluding hydrogens is 258 g/mol. The van der Waals surface area contributed by atoms with Crippen molar-refractivity contribution in [2.24, 2.45) is 0 Å². The summed E-state index contributed by atoms with van der Waals surface area (Å²) in [6.45, 7) is 0. The van der Waals surface area contributed by atoms with E-state index in [1.807, 2.05) is 0 Å². The molecule has 3 rings (SSSR count). The number of piperidine rings is 1. The van der Waals surface area contributed by atoms with Crippen molar-refractivity contribution in [2.75, 3.05) is 0 Å². The van der Waals surface area contributed by atoms with Gasteiger partial charge in [-0.1, -0.05) is 0 Å². The summed E-state index contributed by atoms with van der Waals surface area (Å²) in [5.74, 6) is 0.225. The van der Waals surface area contributed by atoms with E-state index in [0.717, 1.165) is 0 Å². The summed E-state index contributed by atoms with van der Waals surface area (Å²) < 4.78 is 0. The van der Waals surface area contributed by atoms with Gasteiger partial charge in [-0.25, -0.2) is 0 Å². The lowest BCUT2D eigenvalue weighted by atomic mass is 9.66. The first-order chi connectivity index (χ1) is 9.46. The maximum atomic E-state index is 12.3.